The molecule has 0 aromatic heterocycles. The third-order valence-electron chi connectivity index (χ3n) is 2.84. The van der Waals surface area contributed by atoms with Gasteiger partial charge in [-0.3, -0.25) is 4.99 Å². The molecule has 0 fully saturated rings. The SMILES string of the molecule is O=C(O)OCc1ccc(CC2C=CN=CC2)cc1. The van der Waals surface area contributed by atoms with Crippen molar-refractivity contribution in [1.82, 2.24) is 0 Å². The first-order valence-electron chi connectivity index (χ1n) is 5.86. The number of rotatable bonds is 4. The molecule has 94 valence electrons. The van der Waals surface area contributed by atoms with E-state index in [9.17, 15) is 4.79 Å². The van der Waals surface area contributed by atoms with Crippen LogP contribution in [0.25, 0.3) is 0 Å². The van der Waals surface area contributed by atoms with Crippen LogP contribution >= 0.6 is 0 Å². The van der Waals surface area contributed by atoms with Gasteiger partial charge in [0.1, 0.15) is 6.61 Å². The monoisotopic (exact) mass is 245 g/mol. The fourth-order valence-electron chi connectivity index (χ4n) is 1.88. The quantitative estimate of drug-likeness (QED) is 0.829. The summed E-state index contributed by atoms with van der Waals surface area (Å²) in [5, 5.41) is 8.40. The lowest BCUT2D eigenvalue weighted by atomic mass is 9.95. The highest BCUT2D eigenvalue weighted by atomic mass is 16.7. The highest BCUT2D eigenvalue weighted by Crippen LogP contribution is 2.16. The summed E-state index contributed by atoms with van der Waals surface area (Å²) in [6, 6.07) is 7.83. The van der Waals surface area contributed by atoms with E-state index in [2.05, 4.69) is 15.8 Å². The first-order chi connectivity index (χ1) is 8.74. The molecular weight excluding hydrogens is 230 g/mol. The van der Waals surface area contributed by atoms with Gasteiger partial charge in [-0.25, -0.2) is 4.79 Å². The van der Waals surface area contributed by atoms with E-state index < -0.39 is 6.16 Å². The van der Waals surface area contributed by atoms with Crippen molar-refractivity contribution in [3.8, 4) is 0 Å². The van der Waals surface area contributed by atoms with Crippen LogP contribution in [0.4, 0.5) is 4.79 Å². The molecule has 18 heavy (non-hydrogen) atoms. The Labute approximate surface area is 106 Å². The van der Waals surface area contributed by atoms with Crippen molar-refractivity contribution < 1.29 is 14.6 Å². The van der Waals surface area contributed by atoms with Crippen molar-refractivity contribution in [2.45, 2.75) is 19.4 Å². The zero-order chi connectivity index (χ0) is 12.8. The molecule has 0 bridgehead atoms. The third-order valence-corrected chi connectivity index (χ3v) is 2.84. The second-order valence-electron chi connectivity index (χ2n) is 4.24. The van der Waals surface area contributed by atoms with Crippen LogP contribution in [-0.4, -0.2) is 17.5 Å². The Hall–Kier alpha value is -2.10. The van der Waals surface area contributed by atoms with Crippen LogP contribution < -0.4 is 0 Å². The van der Waals surface area contributed by atoms with Crippen molar-refractivity contribution in [2.75, 3.05) is 0 Å². The molecule has 4 nitrogen and oxygen atoms in total. The van der Waals surface area contributed by atoms with Crippen LogP contribution in [0.3, 0.4) is 0 Å². The maximum Gasteiger partial charge on any atom is 0.506 e. The van der Waals surface area contributed by atoms with E-state index in [0.29, 0.717) is 5.92 Å². The molecule has 4 heteroatoms. The molecule has 1 aliphatic heterocycles. The molecule has 0 radical (unpaired) electrons. The summed E-state index contributed by atoms with van der Waals surface area (Å²) in [7, 11) is 0. The lowest BCUT2D eigenvalue weighted by Crippen LogP contribution is -2.05. The topological polar surface area (TPSA) is 58.9 Å². The smallest absolute Gasteiger partial charge is 0.450 e. The molecule has 0 spiro atoms. The number of carboxylic acid groups (broad SMARTS) is 1. The minimum absolute atomic E-state index is 0.103. The van der Waals surface area contributed by atoms with Gasteiger partial charge in [0.25, 0.3) is 0 Å². The van der Waals surface area contributed by atoms with E-state index in [4.69, 9.17) is 5.11 Å². The minimum Gasteiger partial charge on any atom is -0.450 e. The molecule has 1 aromatic rings. The number of ether oxygens (including phenoxy) is 1. The van der Waals surface area contributed by atoms with Gasteiger partial charge in [-0.1, -0.05) is 30.3 Å². The first kappa shape index (κ1) is 12.4. The summed E-state index contributed by atoms with van der Waals surface area (Å²) in [6.07, 6.45) is 6.58. The highest BCUT2D eigenvalue weighted by molar-refractivity contribution is 5.60. The average Bonchev–Trinajstić information content (AvgIpc) is 2.39. The maximum atomic E-state index is 10.3. The van der Waals surface area contributed by atoms with Crippen molar-refractivity contribution in [3.63, 3.8) is 0 Å². The van der Waals surface area contributed by atoms with Crippen LogP contribution in [0.2, 0.25) is 0 Å². The fraction of sp³-hybridized carbons (Fsp3) is 0.286. The van der Waals surface area contributed by atoms with Gasteiger partial charge in [-0.2, -0.15) is 0 Å². The van der Waals surface area contributed by atoms with Gasteiger partial charge in [0.15, 0.2) is 0 Å². The largest absolute Gasteiger partial charge is 0.506 e. The Morgan fingerprint density at radius 3 is 2.67 bits per heavy atom. The summed E-state index contributed by atoms with van der Waals surface area (Å²) >= 11 is 0. The number of allylic oxidation sites excluding steroid dienone is 1. The van der Waals surface area contributed by atoms with E-state index in [-0.39, 0.29) is 6.61 Å². The molecular formula is C14H15NO3. The van der Waals surface area contributed by atoms with Crippen molar-refractivity contribution in [2.24, 2.45) is 10.9 Å². The zero-order valence-electron chi connectivity index (χ0n) is 9.95. The molecule has 1 heterocycles. The van der Waals surface area contributed by atoms with Crippen molar-refractivity contribution in [1.29, 1.82) is 0 Å². The average molecular weight is 245 g/mol. The predicted molar refractivity (Wildman–Crippen MR) is 68.7 cm³/mol. The molecule has 0 saturated carbocycles. The standard InChI is InChI=1S/C14H15NO3/c16-14(17)18-10-13-3-1-11(2-4-13)9-12-5-7-15-8-6-12/h1-5,7-8,12H,6,9-10H2,(H,16,17). The van der Waals surface area contributed by atoms with Gasteiger partial charge in [-0.15, -0.1) is 0 Å². The number of benzene rings is 1. The van der Waals surface area contributed by atoms with Crippen molar-refractivity contribution in [3.05, 3.63) is 47.7 Å². The molecule has 1 atom stereocenters. The molecule has 0 saturated heterocycles. The van der Waals surface area contributed by atoms with Gasteiger partial charge in [0.05, 0.1) is 0 Å². The third kappa shape index (κ3) is 3.73. The predicted octanol–water partition coefficient (Wildman–Crippen LogP) is 3.03. The number of nitrogens with zero attached hydrogens (tertiary/aromatic N) is 1. The number of aliphatic imine (C=N–C) groups is 1. The van der Waals surface area contributed by atoms with Crippen LogP contribution in [0, 0.1) is 5.92 Å². The lowest BCUT2D eigenvalue weighted by Gasteiger charge is -2.12. The zero-order valence-corrected chi connectivity index (χ0v) is 9.95. The lowest BCUT2D eigenvalue weighted by molar-refractivity contribution is 0.0854. The van der Waals surface area contributed by atoms with Gasteiger partial charge in [0, 0.05) is 12.4 Å². The molecule has 1 aliphatic rings. The van der Waals surface area contributed by atoms with Crippen LogP contribution in [-0.2, 0) is 17.8 Å². The normalized spacial score (nSPS) is 17.7. The van der Waals surface area contributed by atoms with Gasteiger partial charge in [-0.05, 0) is 29.9 Å². The van der Waals surface area contributed by atoms with Crippen LogP contribution in [0.1, 0.15) is 17.5 Å². The summed E-state index contributed by atoms with van der Waals surface area (Å²) in [6.45, 7) is 0.103. The van der Waals surface area contributed by atoms with Gasteiger partial charge >= 0.3 is 6.16 Å². The molecule has 1 aromatic carbocycles. The number of hydrogen-bond donors (Lipinski definition) is 1. The Balaban J connectivity index is 1.89. The van der Waals surface area contributed by atoms with E-state index in [1.165, 1.54) is 5.56 Å². The highest BCUT2D eigenvalue weighted by Gasteiger charge is 2.07. The number of hydrogen-bond acceptors (Lipinski definition) is 3. The molecule has 2 rings (SSSR count). The van der Waals surface area contributed by atoms with E-state index >= 15 is 0 Å². The summed E-state index contributed by atoms with van der Waals surface area (Å²) in [5.41, 5.74) is 2.10. The van der Waals surface area contributed by atoms with E-state index in [1.54, 1.807) is 0 Å². The number of carbonyl (C=O) groups is 1. The summed E-state index contributed by atoms with van der Waals surface area (Å²) in [4.78, 5) is 14.3. The van der Waals surface area contributed by atoms with Crippen molar-refractivity contribution >= 4 is 12.4 Å². The Morgan fingerprint density at radius 2 is 2.06 bits per heavy atom. The summed E-state index contributed by atoms with van der Waals surface area (Å²) in [5.74, 6) is 0.503. The first-order valence-corrected chi connectivity index (χ1v) is 5.86. The molecule has 1 unspecified atom stereocenters. The second-order valence-corrected chi connectivity index (χ2v) is 4.24. The van der Waals surface area contributed by atoms with E-state index in [1.807, 2.05) is 36.7 Å². The summed E-state index contributed by atoms with van der Waals surface area (Å²) < 4.78 is 4.51. The van der Waals surface area contributed by atoms with Crippen LogP contribution in [0.5, 0.6) is 0 Å². The van der Waals surface area contributed by atoms with Gasteiger partial charge in [0.2, 0.25) is 0 Å². The fourth-order valence-corrected chi connectivity index (χ4v) is 1.88. The molecule has 1 N–H and O–H groups in total. The maximum absolute atomic E-state index is 10.3. The Kier molecular flexibility index (Phi) is 4.12. The second kappa shape index (κ2) is 6.00. The minimum atomic E-state index is -1.24. The van der Waals surface area contributed by atoms with Gasteiger partial charge < -0.3 is 9.84 Å². The molecule has 0 aliphatic carbocycles. The van der Waals surface area contributed by atoms with E-state index in [0.717, 1.165) is 18.4 Å². The Bertz CT molecular complexity index is 462. The molecule has 0 amide bonds. The Morgan fingerprint density at radius 1 is 1.33 bits per heavy atom. The van der Waals surface area contributed by atoms with Crippen LogP contribution in [0.15, 0.2) is 41.5 Å².